The van der Waals surface area contributed by atoms with Gasteiger partial charge in [-0.25, -0.2) is 0 Å². The van der Waals surface area contributed by atoms with Crippen LogP contribution in [0, 0.1) is 29.1 Å². The molecule has 120 valence electrons. The summed E-state index contributed by atoms with van der Waals surface area (Å²) in [4.78, 5) is 11.8. The second-order valence-corrected chi connectivity index (χ2v) is 8.89. The van der Waals surface area contributed by atoms with E-state index in [9.17, 15) is 4.79 Å². The van der Waals surface area contributed by atoms with Crippen LogP contribution in [-0.4, -0.2) is 18.0 Å². The van der Waals surface area contributed by atoms with Crippen molar-refractivity contribution < 1.29 is 9.53 Å². The molecule has 0 N–H and O–H groups in total. The molecule has 5 rings (SSSR count). The second-order valence-electron chi connectivity index (χ2n) is 8.89. The second kappa shape index (κ2) is 4.47. The summed E-state index contributed by atoms with van der Waals surface area (Å²) in [7, 11) is 0. The van der Waals surface area contributed by atoms with Gasteiger partial charge in [0.25, 0.3) is 0 Å². The molecule has 2 nitrogen and oxygen atoms in total. The first-order chi connectivity index (χ1) is 10.6. The molecule has 4 fully saturated rings. The van der Waals surface area contributed by atoms with Crippen LogP contribution in [0.15, 0.2) is 11.6 Å². The van der Waals surface area contributed by atoms with Crippen LogP contribution in [0.25, 0.3) is 0 Å². The first-order valence-electron chi connectivity index (χ1n) is 9.50. The van der Waals surface area contributed by atoms with Crippen molar-refractivity contribution in [3.63, 3.8) is 0 Å². The van der Waals surface area contributed by atoms with Gasteiger partial charge < -0.3 is 4.74 Å². The normalized spacial score (nSPS) is 53.3. The van der Waals surface area contributed by atoms with Gasteiger partial charge in [0, 0.05) is 12.8 Å². The molecule has 3 saturated carbocycles. The Kier molecular flexibility index (Phi) is 2.80. The molecule has 22 heavy (non-hydrogen) atoms. The predicted octanol–water partition coefficient (Wildman–Crippen LogP) is 4.29. The largest absolute Gasteiger partial charge is 0.374 e. The zero-order chi connectivity index (χ0) is 14.9. The van der Waals surface area contributed by atoms with Crippen molar-refractivity contribution in [2.75, 3.05) is 6.61 Å². The maximum absolute atomic E-state index is 11.8. The number of rotatable bonds is 0. The highest BCUT2D eigenvalue weighted by Crippen LogP contribution is 2.68. The molecular formula is C20H28O2. The fraction of sp³-hybridized carbons (Fsp3) is 0.850. The summed E-state index contributed by atoms with van der Waals surface area (Å²) in [5, 5.41) is 0. The summed E-state index contributed by atoms with van der Waals surface area (Å²) >= 11 is 0. The van der Waals surface area contributed by atoms with Crippen LogP contribution in [0.5, 0.6) is 0 Å². The van der Waals surface area contributed by atoms with E-state index in [-0.39, 0.29) is 5.60 Å². The Bertz CT molecular complexity index is 544. The Morgan fingerprint density at radius 1 is 1.05 bits per heavy atom. The van der Waals surface area contributed by atoms with E-state index in [4.69, 9.17) is 4.74 Å². The van der Waals surface area contributed by atoms with E-state index < -0.39 is 0 Å². The Morgan fingerprint density at radius 3 is 2.68 bits per heavy atom. The van der Waals surface area contributed by atoms with Gasteiger partial charge in [0.15, 0.2) is 5.78 Å². The Balaban J connectivity index is 1.46. The van der Waals surface area contributed by atoms with E-state index in [1.54, 1.807) is 0 Å². The van der Waals surface area contributed by atoms with Crippen molar-refractivity contribution in [1.29, 1.82) is 0 Å². The number of carbonyl (C=O) groups excluding carboxylic acids is 1. The highest BCUT2D eigenvalue weighted by atomic mass is 16.5. The number of fused-ring (bicyclic) bond motifs is 6. The zero-order valence-electron chi connectivity index (χ0n) is 13.8. The molecule has 0 aromatic rings. The lowest BCUT2D eigenvalue weighted by Gasteiger charge is -2.59. The molecule has 5 aliphatic rings. The topological polar surface area (TPSA) is 26.3 Å². The van der Waals surface area contributed by atoms with Crippen molar-refractivity contribution in [2.45, 2.75) is 70.3 Å². The summed E-state index contributed by atoms with van der Waals surface area (Å²) in [6.07, 6.45) is 13.2. The number of allylic oxidation sites excluding steroid dienone is 1. The van der Waals surface area contributed by atoms with E-state index in [1.807, 2.05) is 6.08 Å². The molecule has 1 spiro atoms. The number of hydrogen-bond donors (Lipinski definition) is 0. The standard InChI is InChI=1S/C20H28O2/c1-19-8-6-16-15-5-3-14(21)12-13(15)2-4-17(16)18(19)7-9-20(19)10-11-22-20/h12,15-18H,2-11H2,1H3/t15-,16-,17+,18+,19+,20-/m1/s1. The van der Waals surface area contributed by atoms with E-state index in [1.165, 1.54) is 50.5 Å². The summed E-state index contributed by atoms with van der Waals surface area (Å²) in [5.41, 5.74) is 2.20. The molecule has 0 bridgehead atoms. The molecule has 1 saturated heterocycles. The average Bonchev–Trinajstić information content (AvgIpc) is 2.79. The van der Waals surface area contributed by atoms with Gasteiger partial charge in [-0.2, -0.15) is 0 Å². The van der Waals surface area contributed by atoms with Crippen molar-refractivity contribution in [3.05, 3.63) is 11.6 Å². The predicted molar refractivity (Wildman–Crippen MR) is 85.4 cm³/mol. The SMILES string of the molecule is C[C@]12CC[C@H]3[C@H](CCC4=CC(=O)CC[C@H]43)[C@@H]1CC[C@@]21CCO1. The molecular weight excluding hydrogens is 272 g/mol. The molecule has 0 radical (unpaired) electrons. The van der Waals surface area contributed by atoms with Crippen LogP contribution in [0.2, 0.25) is 0 Å². The third-order valence-electron chi connectivity index (χ3n) is 8.47. The highest BCUT2D eigenvalue weighted by molar-refractivity contribution is 5.91. The first kappa shape index (κ1) is 13.8. The Labute approximate surface area is 133 Å². The summed E-state index contributed by atoms with van der Waals surface area (Å²) in [5.74, 6) is 3.76. The zero-order valence-corrected chi connectivity index (χ0v) is 13.8. The van der Waals surface area contributed by atoms with E-state index >= 15 is 0 Å². The van der Waals surface area contributed by atoms with Gasteiger partial charge in [-0.3, -0.25) is 4.79 Å². The van der Waals surface area contributed by atoms with Crippen molar-refractivity contribution in [1.82, 2.24) is 0 Å². The fourth-order valence-electron chi connectivity index (χ4n) is 7.27. The minimum Gasteiger partial charge on any atom is -0.374 e. The smallest absolute Gasteiger partial charge is 0.155 e. The first-order valence-corrected chi connectivity index (χ1v) is 9.50. The van der Waals surface area contributed by atoms with Crippen LogP contribution < -0.4 is 0 Å². The number of hydrogen-bond acceptors (Lipinski definition) is 2. The minimum absolute atomic E-state index is 0.251. The molecule has 2 heteroatoms. The number of carbonyl (C=O) groups is 1. The maximum Gasteiger partial charge on any atom is 0.155 e. The molecule has 1 heterocycles. The van der Waals surface area contributed by atoms with Crippen LogP contribution in [0.1, 0.15) is 64.7 Å². The molecule has 0 aromatic carbocycles. The van der Waals surface area contributed by atoms with Gasteiger partial charge in [-0.1, -0.05) is 12.5 Å². The van der Waals surface area contributed by atoms with Gasteiger partial charge in [0.05, 0.1) is 12.2 Å². The van der Waals surface area contributed by atoms with Crippen molar-refractivity contribution in [3.8, 4) is 0 Å². The monoisotopic (exact) mass is 300 g/mol. The summed E-state index contributed by atoms with van der Waals surface area (Å²) in [6, 6.07) is 0. The van der Waals surface area contributed by atoms with Gasteiger partial charge in [0.2, 0.25) is 0 Å². The van der Waals surface area contributed by atoms with Gasteiger partial charge >= 0.3 is 0 Å². The van der Waals surface area contributed by atoms with E-state index in [0.717, 1.165) is 43.1 Å². The molecule has 0 unspecified atom stereocenters. The number of ketones is 1. The third kappa shape index (κ3) is 1.58. The quantitative estimate of drug-likeness (QED) is 0.667. The van der Waals surface area contributed by atoms with Crippen LogP contribution in [-0.2, 0) is 9.53 Å². The Morgan fingerprint density at radius 2 is 1.91 bits per heavy atom. The molecule has 4 aliphatic carbocycles. The average molecular weight is 300 g/mol. The number of ether oxygens (including phenoxy) is 1. The molecule has 0 amide bonds. The fourth-order valence-corrected chi connectivity index (χ4v) is 7.27. The summed E-state index contributed by atoms with van der Waals surface area (Å²) in [6.45, 7) is 3.55. The molecule has 1 aliphatic heterocycles. The van der Waals surface area contributed by atoms with Gasteiger partial charge in [-0.05, 0) is 80.1 Å². The Hall–Kier alpha value is -0.630. The highest BCUT2D eigenvalue weighted by Gasteiger charge is 2.65. The maximum atomic E-state index is 11.8. The van der Waals surface area contributed by atoms with E-state index in [2.05, 4.69) is 6.92 Å². The summed E-state index contributed by atoms with van der Waals surface area (Å²) < 4.78 is 6.20. The van der Waals surface area contributed by atoms with Crippen molar-refractivity contribution >= 4 is 5.78 Å². The van der Waals surface area contributed by atoms with Gasteiger partial charge in [-0.15, -0.1) is 0 Å². The van der Waals surface area contributed by atoms with Crippen LogP contribution in [0.3, 0.4) is 0 Å². The lowest BCUT2D eigenvalue weighted by atomic mass is 9.50. The lowest BCUT2D eigenvalue weighted by molar-refractivity contribution is -0.224. The van der Waals surface area contributed by atoms with Crippen LogP contribution >= 0.6 is 0 Å². The molecule has 0 aromatic heterocycles. The van der Waals surface area contributed by atoms with Crippen molar-refractivity contribution in [2.24, 2.45) is 29.1 Å². The lowest BCUT2D eigenvalue weighted by Crippen LogP contribution is -2.58. The van der Waals surface area contributed by atoms with Crippen LogP contribution in [0.4, 0.5) is 0 Å². The third-order valence-corrected chi connectivity index (χ3v) is 8.47. The molecule has 6 atom stereocenters. The van der Waals surface area contributed by atoms with E-state index in [0.29, 0.717) is 11.2 Å². The van der Waals surface area contributed by atoms with Gasteiger partial charge in [0.1, 0.15) is 0 Å². The minimum atomic E-state index is 0.251.